The van der Waals surface area contributed by atoms with Crippen molar-refractivity contribution in [1.82, 2.24) is 0 Å². The predicted octanol–water partition coefficient (Wildman–Crippen LogP) is 1.03. The van der Waals surface area contributed by atoms with E-state index in [9.17, 15) is 12.9 Å². The maximum atomic E-state index is 12.2. The third-order valence-electron chi connectivity index (χ3n) is 1.97. The van der Waals surface area contributed by atoms with Gasteiger partial charge in [0.15, 0.2) is 0 Å². The Morgan fingerprint density at radius 3 is 2.38 bits per heavy atom. The number of rotatable bonds is 4. The summed E-state index contributed by atoms with van der Waals surface area (Å²) in [5.74, 6) is -0.0889. The average molecular weight is 270 g/mol. The summed E-state index contributed by atoms with van der Waals surface area (Å²) in [6, 6.07) is 7.37. The second kappa shape index (κ2) is 7.28. The van der Waals surface area contributed by atoms with E-state index < -0.39 is 12.4 Å². The topological polar surface area (TPSA) is 0 Å². The van der Waals surface area contributed by atoms with Crippen molar-refractivity contribution < 1.29 is 64.3 Å². The molecule has 0 aliphatic carbocycles. The van der Waals surface area contributed by atoms with Crippen LogP contribution in [0.25, 0.3) is 0 Å². The van der Waals surface area contributed by atoms with E-state index in [1.54, 1.807) is 0 Å². The first kappa shape index (κ1) is 16.8. The van der Waals surface area contributed by atoms with Crippen LogP contribution in [-0.2, 0) is 0 Å². The minimum Gasteiger partial charge on any atom is -0.445 e. The number of benzene rings is 1. The van der Waals surface area contributed by atoms with Crippen LogP contribution < -0.4 is 51.4 Å². The van der Waals surface area contributed by atoms with Crippen LogP contribution >= 0.6 is 11.8 Å². The van der Waals surface area contributed by atoms with Crippen molar-refractivity contribution in [2.45, 2.75) is 11.8 Å². The van der Waals surface area contributed by atoms with Gasteiger partial charge in [0, 0.05) is 4.90 Å². The van der Waals surface area contributed by atoms with Gasteiger partial charge in [0.05, 0.1) is 0 Å². The third-order valence-corrected chi connectivity index (χ3v) is 3.25. The van der Waals surface area contributed by atoms with Crippen LogP contribution in [0.1, 0.15) is 5.56 Å². The van der Waals surface area contributed by atoms with Gasteiger partial charge in [-0.15, -0.1) is 23.8 Å². The molecule has 0 aliphatic rings. The smallest absolute Gasteiger partial charge is 0.445 e. The molecule has 0 spiro atoms. The monoisotopic (exact) mass is 270 g/mol. The molecule has 0 radical (unpaired) electrons. The summed E-state index contributed by atoms with van der Waals surface area (Å²) in [6.45, 7) is 0.0351. The molecular formula is C10H11BF3KS. The molecule has 0 N–H and O–H groups in total. The first-order chi connectivity index (χ1) is 6.91. The summed E-state index contributed by atoms with van der Waals surface area (Å²) < 4.78 is 36.6. The van der Waals surface area contributed by atoms with Crippen LogP contribution in [0.15, 0.2) is 41.2 Å². The molecule has 0 saturated heterocycles. The van der Waals surface area contributed by atoms with Gasteiger partial charge in [-0.1, -0.05) is 18.2 Å². The Labute approximate surface area is 141 Å². The molecule has 1 aromatic carbocycles. The zero-order valence-corrected chi connectivity index (χ0v) is 13.3. The number of halogens is 3. The Morgan fingerprint density at radius 2 is 1.88 bits per heavy atom. The molecular weight excluding hydrogens is 259 g/mol. The van der Waals surface area contributed by atoms with Gasteiger partial charge in [0.2, 0.25) is 0 Å². The molecule has 0 aliphatic heterocycles. The number of thioether (sulfide) groups is 1. The maximum Gasteiger partial charge on any atom is 1.00 e. The second-order valence-electron chi connectivity index (χ2n) is 3.29. The van der Waals surface area contributed by atoms with Crippen LogP contribution in [0.4, 0.5) is 12.9 Å². The van der Waals surface area contributed by atoms with Gasteiger partial charge in [-0.05, 0) is 24.3 Å². The SMILES string of the molecule is C=C(CSc1ccccc1C)[B-](F)(F)F.[K+]. The largest absolute Gasteiger partial charge is 1.00 e. The summed E-state index contributed by atoms with van der Waals surface area (Å²) in [7, 11) is 0. The molecule has 0 saturated carbocycles. The van der Waals surface area contributed by atoms with E-state index in [1.807, 2.05) is 31.2 Å². The van der Waals surface area contributed by atoms with Crippen molar-refractivity contribution in [3.8, 4) is 0 Å². The molecule has 0 atom stereocenters. The standard InChI is InChI=1S/C10H11BF3S.K/c1-8-5-3-4-6-10(8)15-7-9(2)11(12,13)14;/h3-6H,2,7H2,1H3;/q-1;+1. The second-order valence-corrected chi connectivity index (χ2v) is 4.30. The zero-order chi connectivity index (χ0) is 11.5. The molecule has 0 nitrogen and oxygen atoms in total. The fourth-order valence-corrected chi connectivity index (χ4v) is 1.98. The summed E-state index contributed by atoms with van der Waals surface area (Å²) in [4.78, 5) is 0.874. The summed E-state index contributed by atoms with van der Waals surface area (Å²) >= 11 is 1.18. The van der Waals surface area contributed by atoms with Crippen LogP contribution in [0.5, 0.6) is 0 Å². The van der Waals surface area contributed by atoms with E-state index in [2.05, 4.69) is 6.58 Å². The van der Waals surface area contributed by atoms with E-state index >= 15 is 0 Å². The molecule has 0 heterocycles. The molecule has 0 unspecified atom stereocenters. The Kier molecular flexibility index (Phi) is 7.65. The van der Waals surface area contributed by atoms with Crippen molar-refractivity contribution >= 4 is 18.7 Å². The quantitative estimate of drug-likeness (QED) is 0.582. The van der Waals surface area contributed by atoms with Gasteiger partial charge in [-0.25, -0.2) is 0 Å². The van der Waals surface area contributed by atoms with E-state index in [-0.39, 0.29) is 57.1 Å². The maximum absolute atomic E-state index is 12.2. The van der Waals surface area contributed by atoms with E-state index in [1.165, 1.54) is 11.8 Å². The molecule has 6 heteroatoms. The predicted molar refractivity (Wildman–Crippen MR) is 60.1 cm³/mol. The molecule has 16 heavy (non-hydrogen) atoms. The van der Waals surface area contributed by atoms with E-state index in [0.717, 1.165) is 10.5 Å². The molecule has 0 aromatic heterocycles. The fraction of sp³-hybridized carbons (Fsp3) is 0.200. The molecule has 0 fully saturated rings. The van der Waals surface area contributed by atoms with Gasteiger partial charge in [-0.3, -0.25) is 0 Å². The summed E-state index contributed by atoms with van der Waals surface area (Å²) in [5.41, 5.74) is 0.355. The molecule has 0 bridgehead atoms. The van der Waals surface area contributed by atoms with E-state index in [0.29, 0.717) is 0 Å². The van der Waals surface area contributed by atoms with Gasteiger partial charge in [0.25, 0.3) is 0 Å². The Balaban J connectivity index is 0.00000225. The Morgan fingerprint density at radius 1 is 1.31 bits per heavy atom. The third kappa shape index (κ3) is 5.42. The van der Waals surface area contributed by atoms with Gasteiger partial charge in [-0.2, -0.15) is 0 Å². The van der Waals surface area contributed by atoms with Gasteiger partial charge < -0.3 is 12.9 Å². The van der Waals surface area contributed by atoms with Crippen molar-refractivity contribution in [1.29, 1.82) is 0 Å². The molecule has 82 valence electrons. The summed E-state index contributed by atoms with van der Waals surface area (Å²) in [5, 5.41) is 0. The van der Waals surface area contributed by atoms with Crippen molar-refractivity contribution in [3.63, 3.8) is 0 Å². The first-order valence-electron chi connectivity index (χ1n) is 4.47. The van der Waals surface area contributed by atoms with Crippen molar-refractivity contribution in [2.24, 2.45) is 0 Å². The minimum atomic E-state index is -4.90. The number of hydrogen-bond acceptors (Lipinski definition) is 1. The zero-order valence-electron chi connectivity index (χ0n) is 9.34. The van der Waals surface area contributed by atoms with Crippen LogP contribution in [0.3, 0.4) is 0 Å². The van der Waals surface area contributed by atoms with E-state index in [4.69, 9.17) is 0 Å². The molecule has 0 amide bonds. The van der Waals surface area contributed by atoms with Crippen LogP contribution in [-0.4, -0.2) is 12.7 Å². The fourth-order valence-electron chi connectivity index (χ4n) is 0.983. The van der Waals surface area contributed by atoms with Crippen molar-refractivity contribution in [3.05, 3.63) is 41.9 Å². The normalized spacial score (nSPS) is 10.8. The Hall–Kier alpha value is 0.801. The average Bonchev–Trinajstić information content (AvgIpc) is 2.14. The van der Waals surface area contributed by atoms with Crippen LogP contribution in [0, 0.1) is 6.92 Å². The van der Waals surface area contributed by atoms with Gasteiger partial charge in [0.1, 0.15) is 0 Å². The molecule has 1 rings (SSSR count). The minimum absolute atomic E-state index is 0. The van der Waals surface area contributed by atoms with Crippen LogP contribution in [0.2, 0.25) is 0 Å². The molecule has 1 aromatic rings. The van der Waals surface area contributed by atoms with Crippen molar-refractivity contribution in [2.75, 3.05) is 5.75 Å². The first-order valence-corrected chi connectivity index (χ1v) is 5.46. The summed E-state index contributed by atoms with van der Waals surface area (Å²) in [6.07, 6.45) is 0. The van der Waals surface area contributed by atoms with Gasteiger partial charge >= 0.3 is 58.4 Å². The Bertz CT molecular complexity index is 365. The number of hydrogen-bond donors (Lipinski definition) is 0. The number of aryl methyl sites for hydroxylation is 1.